The Morgan fingerprint density at radius 1 is 1.29 bits per heavy atom. The van der Waals surface area contributed by atoms with Gasteiger partial charge in [-0.1, -0.05) is 0 Å². The fourth-order valence-electron chi connectivity index (χ4n) is 1.20. The molecule has 2 rings (SSSR count). The van der Waals surface area contributed by atoms with Crippen molar-refractivity contribution in [3.8, 4) is 5.69 Å². The molecular weight excluding hydrogens is 294 g/mol. The van der Waals surface area contributed by atoms with Crippen molar-refractivity contribution in [2.45, 2.75) is 6.92 Å². The average molecular weight is 302 g/mol. The van der Waals surface area contributed by atoms with Crippen LogP contribution in [0.2, 0.25) is 0 Å². The predicted molar refractivity (Wildman–Crippen MR) is 61.0 cm³/mol. The second kappa shape index (κ2) is 3.68. The second-order valence-corrected chi connectivity index (χ2v) is 3.99. The van der Waals surface area contributed by atoms with E-state index in [9.17, 15) is 4.39 Å². The van der Waals surface area contributed by atoms with Gasteiger partial charge in [0.25, 0.3) is 0 Å². The number of halogens is 2. The molecule has 0 aliphatic carbocycles. The van der Waals surface area contributed by atoms with Crippen molar-refractivity contribution in [3.63, 3.8) is 0 Å². The normalized spacial score (nSPS) is 10.5. The predicted octanol–water partition coefficient (Wildman–Crippen LogP) is 2.92. The minimum absolute atomic E-state index is 0.222. The van der Waals surface area contributed by atoms with Crippen LogP contribution in [0.15, 0.2) is 30.6 Å². The molecule has 1 aromatic heterocycles. The van der Waals surface area contributed by atoms with Crippen LogP contribution >= 0.6 is 22.6 Å². The van der Waals surface area contributed by atoms with E-state index in [4.69, 9.17) is 0 Å². The average Bonchev–Trinajstić information content (AvgIpc) is 2.50. The summed E-state index contributed by atoms with van der Waals surface area (Å²) in [7, 11) is 0. The lowest BCUT2D eigenvalue weighted by atomic mass is 10.3. The molecule has 4 heteroatoms. The van der Waals surface area contributed by atoms with Gasteiger partial charge >= 0.3 is 0 Å². The Balaban J connectivity index is 2.49. The summed E-state index contributed by atoms with van der Waals surface area (Å²) < 4.78 is 15.7. The molecule has 0 saturated heterocycles. The van der Waals surface area contributed by atoms with Crippen LogP contribution in [0, 0.1) is 16.4 Å². The number of hydrogen-bond donors (Lipinski definition) is 0. The van der Waals surface area contributed by atoms with Crippen LogP contribution in [0.4, 0.5) is 4.39 Å². The summed E-state index contributed by atoms with van der Waals surface area (Å²) in [6, 6.07) is 6.36. The lowest BCUT2D eigenvalue weighted by Crippen LogP contribution is -1.94. The fourth-order valence-corrected chi connectivity index (χ4v) is 1.75. The van der Waals surface area contributed by atoms with E-state index in [1.807, 2.05) is 11.5 Å². The molecule has 0 spiro atoms. The summed E-state index contributed by atoms with van der Waals surface area (Å²) >= 11 is 2.22. The highest BCUT2D eigenvalue weighted by molar-refractivity contribution is 14.1. The van der Waals surface area contributed by atoms with Gasteiger partial charge in [0.05, 0.1) is 5.69 Å². The Labute approximate surface area is 94.9 Å². The van der Waals surface area contributed by atoms with E-state index in [-0.39, 0.29) is 5.82 Å². The Bertz CT molecular complexity index is 448. The van der Waals surface area contributed by atoms with E-state index in [2.05, 4.69) is 27.6 Å². The first-order valence-electron chi connectivity index (χ1n) is 4.14. The first kappa shape index (κ1) is 9.64. The molecule has 2 nitrogen and oxygen atoms in total. The molecule has 0 saturated carbocycles. The highest BCUT2D eigenvalue weighted by Crippen LogP contribution is 2.16. The standard InChI is InChI=1S/C10H8FIN2/c1-7-10(12)14(6-13-7)9-4-2-8(11)3-5-9/h2-6H,1H3. The smallest absolute Gasteiger partial charge is 0.123 e. The van der Waals surface area contributed by atoms with Crippen molar-refractivity contribution in [3.05, 3.63) is 45.8 Å². The maximum atomic E-state index is 12.7. The molecule has 2 aromatic rings. The number of aryl methyl sites for hydroxylation is 1. The maximum Gasteiger partial charge on any atom is 0.123 e. The van der Waals surface area contributed by atoms with Crippen LogP contribution in [0.5, 0.6) is 0 Å². The highest BCUT2D eigenvalue weighted by atomic mass is 127. The Morgan fingerprint density at radius 2 is 1.93 bits per heavy atom. The van der Waals surface area contributed by atoms with E-state index in [0.717, 1.165) is 15.1 Å². The number of benzene rings is 1. The van der Waals surface area contributed by atoms with Crippen LogP contribution in [0.25, 0.3) is 5.69 Å². The summed E-state index contributed by atoms with van der Waals surface area (Å²) in [5.74, 6) is -0.222. The van der Waals surface area contributed by atoms with Crippen LogP contribution < -0.4 is 0 Å². The fraction of sp³-hybridized carbons (Fsp3) is 0.100. The summed E-state index contributed by atoms with van der Waals surface area (Å²) in [6.07, 6.45) is 1.74. The third-order valence-electron chi connectivity index (χ3n) is 1.98. The van der Waals surface area contributed by atoms with Gasteiger partial charge in [-0.3, -0.25) is 4.57 Å². The van der Waals surface area contributed by atoms with Crippen LogP contribution in [0.3, 0.4) is 0 Å². The molecule has 0 bridgehead atoms. The molecular formula is C10H8FIN2. The van der Waals surface area contributed by atoms with Gasteiger partial charge < -0.3 is 0 Å². The molecule has 14 heavy (non-hydrogen) atoms. The zero-order valence-corrected chi connectivity index (χ0v) is 9.69. The van der Waals surface area contributed by atoms with E-state index in [1.165, 1.54) is 12.1 Å². The van der Waals surface area contributed by atoms with Crippen LogP contribution in [0.1, 0.15) is 5.69 Å². The van der Waals surface area contributed by atoms with Crippen molar-refractivity contribution < 1.29 is 4.39 Å². The quantitative estimate of drug-likeness (QED) is 0.741. The molecule has 0 aliphatic rings. The lowest BCUT2D eigenvalue weighted by molar-refractivity contribution is 0.627. The first-order chi connectivity index (χ1) is 6.68. The van der Waals surface area contributed by atoms with Gasteiger partial charge in [0, 0.05) is 5.69 Å². The minimum Gasteiger partial charge on any atom is -0.294 e. The van der Waals surface area contributed by atoms with E-state index in [1.54, 1.807) is 18.5 Å². The zero-order valence-electron chi connectivity index (χ0n) is 7.54. The lowest BCUT2D eigenvalue weighted by Gasteiger charge is -2.03. The van der Waals surface area contributed by atoms with Crippen LogP contribution in [-0.2, 0) is 0 Å². The third-order valence-corrected chi connectivity index (χ3v) is 3.28. The van der Waals surface area contributed by atoms with Crippen molar-refractivity contribution >= 4 is 22.6 Å². The van der Waals surface area contributed by atoms with Gasteiger partial charge in [-0.25, -0.2) is 9.37 Å². The number of imidazole rings is 1. The van der Waals surface area contributed by atoms with Gasteiger partial charge in [0.15, 0.2) is 0 Å². The topological polar surface area (TPSA) is 17.8 Å². The molecule has 1 heterocycles. The molecule has 0 radical (unpaired) electrons. The number of hydrogen-bond acceptors (Lipinski definition) is 1. The van der Waals surface area contributed by atoms with Crippen molar-refractivity contribution in [2.24, 2.45) is 0 Å². The summed E-state index contributed by atoms with van der Waals surface area (Å²) in [6.45, 7) is 1.95. The number of rotatable bonds is 1. The van der Waals surface area contributed by atoms with E-state index in [0.29, 0.717) is 0 Å². The van der Waals surface area contributed by atoms with Crippen molar-refractivity contribution in [1.29, 1.82) is 0 Å². The Kier molecular flexibility index (Phi) is 2.54. The molecule has 0 amide bonds. The highest BCUT2D eigenvalue weighted by Gasteiger charge is 2.04. The molecule has 0 atom stereocenters. The van der Waals surface area contributed by atoms with Gasteiger partial charge in [-0.15, -0.1) is 0 Å². The molecule has 72 valence electrons. The molecule has 0 aliphatic heterocycles. The van der Waals surface area contributed by atoms with Crippen molar-refractivity contribution in [2.75, 3.05) is 0 Å². The number of nitrogens with zero attached hydrogens (tertiary/aromatic N) is 2. The van der Waals surface area contributed by atoms with Crippen molar-refractivity contribution in [1.82, 2.24) is 9.55 Å². The van der Waals surface area contributed by atoms with Crippen LogP contribution in [-0.4, -0.2) is 9.55 Å². The largest absolute Gasteiger partial charge is 0.294 e. The van der Waals surface area contributed by atoms with Gasteiger partial charge in [0.1, 0.15) is 15.8 Å². The monoisotopic (exact) mass is 302 g/mol. The molecule has 0 N–H and O–H groups in total. The zero-order chi connectivity index (χ0) is 10.1. The third kappa shape index (κ3) is 1.66. The van der Waals surface area contributed by atoms with Gasteiger partial charge in [0.2, 0.25) is 0 Å². The van der Waals surface area contributed by atoms with Gasteiger partial charge in [-0.05, 0) is 53.8 Å². The minimum atomic E-state index is -0.222. The maximum absolute atomic E-state index is 12.7. The van der Waals surface area contributed by atoms with E-state index >= 15 is 0 Å². The first-order valence-corrected chi connectivity index (χ1v) is 5.22. The summed E-state index contributed by atoms with van der Waals surface area (Å²) in [5.41, 5.74) is 1.91. The van der Waals surface area contributed by atoms with E-state index < -0.39 is 0 Å². The Morgan fingerprint density at radius 3 is 2.43 bits per heavy atom. The summed E-state index contributed by atoms with van der Waals surface area (Å²) in [5, 5.41) is 0. The second-order valence-electron chi connectivity index (χ2n) is 2.97. The Hall–Kier alpha value is -0.910. The number of aromatic nitrogens is 2. The molecule has 0 fully saturated rings. The molecule has 0 unspecified atom stereocenters. The molecule has 1 aromatic carbocycles. The summed E-state index contributed by atoms with van der Waals surface area (Å²) in [4.78, 5) is 4.18. The SMILES string of the molecule is Cc1ncn(-c2ccc(F)cc2)c1I. The van der Waals surface area contributed by atoms with Gasteiger partial charge in [-0.2, -0.15) is 0 Å².